The van der Waals surface area contributed by atoms with Gasteiger partial charge in [0.05, 0.1) is 0 Å². The van der Waals surface area contributed by atoms with Crippen LogP contribution in [0.3, 0.4) is 0 Å². The normalized spacial score (nSPS) is 11.4. The molecule has 0 bridgehead atoms. The van der Waals surface area contributed by atoms with E-state index in [1.54, 1.807) is 6.07 Å². The van der Waals surface area contributed by atoms with E-state index >= 15 is 0 Å². The first-order valence-electron chi connectivity index (χ1n) is 5.93. The smallest absolute Gasteiger partial charge is 0.135 e. The summed E-state index contributed by atoms with van der Waals surface area (Å²) >= 11 is 0. The Bertz CT molecular complexity index is 680. The third-order valence-electron chi connectivity index (χ3n) is 3.13. The second kappa shape index (κ2) is 3.81. The average molecular weight is 226 g/mol. The van der Waals surface area contributed by atoms with Crippen molar-refractivity contribution in [3.8, 4) is 5.75 Å². The van der Waals surface area contributed by atoms with Gasteiger partial charge in [-0.15, -0.1) is 0 Å². The summed E-state index contributed by atoms with van der Waals surface area (Å²) in [5, 5.41) is 12.1. The van der Waals surface area contributed by atoms with E-state index in [1.807, 2.05) is 30.3 Å². The maximum Gasteiger partial charge on any atom is 0.135 e. The lowest BCUT2D eigenvalue weighted by molar-refractivity contribution is 0.468. The molecule has 1 N–H and O–H groups in total. The zero-order chi connectivity index (χ0) is 11.8. The average Bonchev–Trinajstić information content (AvgIpc) is 2.72. The highest BCUT2D eigenvalue weighted by atomic mass is 16.3. The van der Waals surface area contributed by atoms with Crippen LogP contribution in [0.4, 0.5) is 0 Å². The number of hydrogen-bond donors (Lipinski definition) is 1. The molecule has 3 rings (SSSR count). The van der Waals surface area contributed by atoms with Crippen LogP contribution in [0.1, 0.15) is 18.9 Å². The molecule has 0 amide bonds. The van der Waals surface area contributed by atoms with E-state index in [4.69, 9.17) is 4.42 Å². The predicted molar refractivity (Wildman–Crippen MR) is 69.4 cm³/mol. The fraction of sp³-hybridized carbons (Fsp3) is 0.200. The van der Waals surface area contributed by atoms with Gasteiger partial charge in [0, 0.05) is 16.3 Å². The summed E-state index contributed by atoms with van der Waals surface area (Å²) in [6, 6.07) is 11.5. The van der Waals surface area contributed by atoms with Crippen molar-refractivity contribution in [1.29, 1.82) is 0 Å². The van der Waals surface area contributed by atoms with E-state index < -0.39 is 0 Å². The third kappa shape index (κ3) is 1.48. The van der Waals surface area contributed by atoms with Gasteiger partial charge in [-0.1, -0.05) is 31.5 Å². The van der Waals surface area contributed by atoms with Crippen LogP contribution in [0.15, 0.2) is 40.8 Å². The zero-order valence-electron chi connectivity index (χ0n) is 9.73. The van der Waals surface area contributed by atoms with E-state index in [2.05, 4.69) is 6.92 Å². The molecule has 0 unspecified atom stereocenters. The van der Waals surface area contributed by atoms with E-state index in [1.165, 1.54) is 0 Å². The van der Waals surface area contributed by atoms with Gasteiger partial charge in [0.1, 0.15) is 16.9 Å². The van der Waals surface area contributed by atoms with Crippen LogP contribution < -0.4 is 0 Å². The van der Waals surface area contributed by atoms with Gasteiger partial charge in [-0.05, 0) is 24.6 Å². The van der Waals surface area contributed by atoms with Gasteiger partial charge in [0.25, 0.3) is 0 Å². The molecule has 0 aliphatic carbocycles. The largest absolute Gasteiger partial charge is 0.508 e. The Kier molecular flexibility index (Phi) is 2.29. The number of phenols is 1. The number of aromatic hydroxyl groups is 1. The van der Waals surface area contributed by atoms with E-state index in [9.17, 15) is 5.11 Å². The molecular weight excluding hydrogens is 212 g/mol. The molecule has 2 heteroatoms. The first-order valence-corrected chi connectivity index (χ1v) is 5.93. The summed E-state index contributed by atoms with van der Waals surface area (Å²) in [6.07, 6.45) is 1.87. The molecule has 17 heavy (non-hydrogen) atoms. The molecular formula is C15H14O2. The summed E-state index contributed by atoms with van der Waals surface area (Å²) in [5.74, 6) is 0.367. The number of furan rings is 1. The van der Waals surface area contributed by atoms with Gasteiger partial charge in [-0.3, -0.25) is 0 Å². The molecule has 0 aliphatic heterocycles. The minimum atomic E-state index is 0.367. The molecule has 86 valence electrons. The van der Waals surface area contributed by atoms with Crippen molar-refractivity contribution in [1.82, 2.24) is 0 Å². The molecule has 1 aromatic heterocycles. The van der Waals surface area contributed by atoms with Crippen molar-refractivity contribution in [3.05, 3.63) is 42.0 Å². The number of aryl methyl sites for hydroxylation is 1. The van der Waals surface area contributed by atoms with Gasteiger partial charge in [-0.25, -0.2) is 0 Å². The van der Waals surface area contributed by atoms with E-state index in [-0.39, 0.29) is 0 Å². The number of rotatable bonds is 2. The summed E-state index contributed by atoms with van der Waals surface area (Å²) in [7, 11) is 0. The van der Waals surface area contributed by atoms with Gasteiger partial charge < -0.3 is 9.52 Å². The van der Waals surface area contributed by atoms with Gasteiger partial charge in [0.15, 0.2) is 0 Å². The lowest BCUT2D eigenvalue weighted by Gasteiger charge is -2.04. The number of hydrogen-bond acceptors (Lipinski definition) is 2. The van der Waals surface area contributed by atoms with Crippen LogP contribution in [0.2, 0.25) is 0 Å². The van der Waals surface area contributed by atoms with Crippen LogP contribution in [0.5, 0.6) is 5.75 Å². The number of fused-ring (bicyclic) bond motifs is 3. The Morgan fingerprint density at radius 2 is 1.88 bits per heavy atom. The highest BCUT2D eigenvalue weighted by Crippen LogP contribution is 2.35. The van der Waals surface area contributed by atoms with Gasteiger partial charge in [0.2, 0.25) is 0 Å². The Morgan fingerprint density at radius 3 is 2.71 bits per heavy atom. The predicted octanol–water partition coefficient (Wildman–Crippen LogP) is 4.24. The summed E-state index contributed by atoms with van der Waals surface area (Å²) in [5.41, 5.74) is 2.73. The number of phenolic OH excluding ortho intramolecular Hbond substituents is 1. The summed E-state index contributed by atoms with van der Waals surface area (Å²) in [6.45, 7) is 2.11. The Morgan fingerprint density at radius 1 is 1.06 bits per heavy atom. The molecule has 0 radical (unpaired) electrons. The van der Waals surface area contributed by atoms with Crippen LogP contribution >= 0.6 is 0 Å². The maximum atomic E-state index is 9.98. The fourth-order valence-electron chi connectivity index (χ4n) is 2.38. The third-order valence-corrected chi connectivity index (χ3v) is 3.13. The molecule has 2 aromatic carbocycles. The first kappa shape index (κ1) is 10.2. The molecule has 3 aromatic rings. The Balaban J connectivity index is 2.46. The minimum absolute atomic E-state index is 0.367. The zero-order valence-corrected chi connectivity index (χ0v) is 9.73. The second-order valence-electron chi connectivity index (χ2n) is 4.28. The van der Waals surface area contributed by atoms with E-state index in [0.29, 0.717) is 5.75 Å². The monoisotopic (exact) mass is 226 g/mol. The van der Waals surface area contributed by atoms with Crippen LogP contribution in [-0.2, 0) is 6.42 Å². The molecule has 0 saturated heterocycles. The molecule has 2 nitrogen and oxygen atoms in total. The molecule has 1 heterocycles. The molecule has 0 atom stereocenters. The Hall–Kier alpha value is -1.96. The minimum Gasteiger partial charge on any atom is -0.508 e. The summed E-state index contributed by atoms with van der Waals surface area (Å²) in [4.78, 5) is 0. The topological polar surface area (TPSA) is 33.4 Å². The van der Waals surface area contributed by atoms with Crippen LogP contribution in [0, 0.1) is 0 Å². The molecule has 0 spiro atoms. The second-order valence-corrected chi connectivity index (χ2v) is 4.28. The van der Waals surface area contributed by atoms with Gasteiger partial charge in [-0.2, -0.15) is 0 Å². The van der Waals surface area contributed by atoms with Crippen molar-refractivity contribution in [3.63, 3.8) is 0 Å². The standard InChI is InChI=1S/C15H14O2/c1-2-5-10-12(16)8-9-14-15(10)11-6-3-4-7-13(11)17-14/h3-4,6-9,16H,2,5H2,1H3. The summed E-state index contributed by atoms with van der Waals surface area (Å²) < 4.78 is 5.78. The quantitative estimate of drug-likeness (QED) is 0.708. The maximum absolute atomic E-state index is 9.98. The molecule has 0 aliphatic rings. The van der Waals surface area contributed by atoms with Crippen molar-refractivity contribution in [2.24, 2.45) is 0 Å². The van der Waals surface area contributed by atoms with E-state index in [0.717, 1.165) is 40.3 Å². The highest BCUT2D eigenvalue weighted by Gasteiger charge is 2.13. The van der Waals surface area contributed by atoms with Crippen molar-refractivity contribution < 1.29 is 9.52 Å². The van der Waals surface area contributed by atoms with Gasteiger partial charge >= 0.3 is 0 Å². The highest BCUT2D eigenvalue weighted by molar-refractivity contribution is 6.07. The molecule has 0 saturated carbocycles. The van der Waals surface area contributed by atoms with Crippen molar-refractivity contribution >= 4 is 21.9 Å². The SMILES string of the molecule is CCCc1c(O)ccc2oc3ccccc3c12. The Labute approximate surface area is 99.5 Å². The number of para-hydroxylation sites is 1. The van der Waals surface area contributed by atoms with Crippen molar-refractivity contribution in [2.75, 3.05) is 0 Å². The lowest BCUT2D eigenvalue weighted by atomic mass is 10.0. The fourth-order valence-corrected chi connectivity index (χ4v) is 2.38. The number of benzene rings is 2. The van der Waals surface area contributed by atoms with Crippen LogP contribution in [0.25, 0.3) is 21.9 Å². The molecule has 0 fully saturated rings. The first-order chi connectivity index (χ1) is 8.31. The van der Waals surface area contributed by atoms with Crippen molar-refractivity contribution in [2.45, 2.75) is 19.8 Å². The van der Waals surface area contributed by atoms with Crippen LogP contribution in [-0.4, -0.2) is 5.11 Å². The lowest BCUT2D eigenvalue weighted by Crippen LogP contribution is -1.85.